The summed E-state index contributed by atoms with van der Waals surface area (Å²) in [5, 5.41) is 3.60. The summed E-state index contributed by atoms with van der Waals surface area (Å²) in [6, 6.07) is 24.3. The Labute approximate surface area is 154 Å². The fourth-order valence-electron chi connectivity index (χ4n) is 3.31. The highest BCUT2D eigenvalue weighted by atomic mass is 32.2. The molecule has 0 saturated heterocycles. The minimum Gasteiger partial charge on any atom is -0.354 e. The lowest BCUT2D eigenvalue weighted by Crippen LogP contribution is -2.03. The van der Waals surface area contributed by atoms with E-state index in [2.05, 4.69) is 92.8 Å². The first kappa shape index (κ1) is 16.3. The Morgan fingerprint density at radius 1 is 0.680 bits per heavy atom. The summed E-state index contributed by atoms with van der Waals surface area (Å²) in [6.45, 7) is 6.80. The van der Waals surface area contributed by atoms with E-state index in [-0.39, 0.29) is 0 Å². The maximum absolute atomic E-state index is 3.60. The van der Waals surface area contributed by atoms with Gasteiger partial charge in [0.1, 0.15) is 0 Å². The van der Waals surface area contributed by atoms with Crippen molar-refractivity contribution in [2.75, 3.05) is 5.32 Å². The van der Waals surface area contributed by atoms with Crippen LogP contribution in [-0.2, 0) is 0 Å². The van der Waals surface area contributed by atoms with Crippen molar-refractivity contribution in [3.05, 3.63) is 83.4 Å². The molecule has 1 unspecified atom stereocenters. The summed E-state index contributed by atoms with van der Waals surface area (Å²) in [5.41, 5.74) is 6.56. The Morgan fingerprint density at radius 3 is 2.24 bits per heavy atom. The molecule has 3 aromatic rings. The predicted molar refractivity (Wildman–Crippen MR) is 108 cm³/mol. The summed E-state index contributed by atoms with van der Waals surface area (Å²) >= 11 is 1.84. The van der Waals surface area contributed by atoms with Crippen LogP contribution in [0.1, 0.15) is 49.3 Å². The molecule has 4 rings (SSSR count). The highest BCUT2D eigenvalue weighted by Crippen LogP contribution is 2.45. The van der Waals surface area contributed by atoms with Crippen molar-refractivity contribution in [1.82, 2.24) is 0 Å². The van der Waals surface area contributed by atoms with Gasteiger partial charge in [-0.3, -0.25) is 0 Å². The van der Waals surface area contributed by atoms with Gasteiger partial charge in [0.25, 0.3) is 0 Å². The summed E-state index contributed by atoms with van der Waals surface area (Å²) in [7, 11) is 0. The molecule has 1 aliphatic heterocycles. The molecule has 1 heterocycles. The summed E-state index contributed by atoms with van der Waals surface area (Å²) in [6.07, 6.45) is 0. The zero-order chi connectivity index (χ0) is 17.4. The van der Waals surface area contributed by atoms with E-state index in [1.54, 1.807) is 0 Å². The van der Waals surface area contributed by atoms with E-state index in [0.717, 1.165) is 0 Å². The number of rotatable bonds is 3. The molecule has 1 atom stereocenters. The van der Waals surface area contributed by atoms with E-state index < -0.39 is 0 Å². The molecule has 3 aromatic carbocycles. The first-order valence-electron chi connectivity index (χ1n) is 8.89. The van der Waals surface area contributed by atoms with Gasteiger partial charge in [-0.05, 0) is 46.9 Å². The molecule has 0 amide bonds. The fraction of sp³-hybridized carbons (Fsp3) is 0.217. The first-order chi connectivity index (χ1) is 12.1. The SMILES string of the molecule is CC(C)c1cccc(C(C)c2ccc3c(c2)Nc2ccccc2S3)c1. The Balaban J connectivity index is 1.65. The number of anilines is 2. The monoisotopic (exact) mass is 345 g/mol. The van der Waals surface area contributed by atoms with Crippen LogP contribution < -0.4 is 5.32 Å². The summed E-state index contributed by atoms with van der Waals surface area (Å²) in [4.78, 5) is 2.59. The Hall–Kier alpha value is -2.19. The van der Waals surface area contributed by atoms with Gasteiger partial charge in [0.2, 0.25) is 0 Å². The number of benzene rings is 3. The zero-order valence-electron chi connectivity index (χ0n) is 14.9. The Kier molecular flexibility index (Phi) is 4.30. The third kappa shape index (κ3) is 3.19. The van der Waals surface area contributed by atoms with Gasteiger partial charge in [0.05, 0.1) is 11.4 Å². The van der Waals surface area contributed by atoms with E-state index in [0.29, 0.717) is 11.8 Å². The fourth-order valence-corrected chi connectivity index (χ4v) is 4.27. The molecule has 0 spiro atoms. The van der Waals surface area contributed by atoms with Crippen LogP contribution in [0.4, 0.5) is 11.4 Å². The molecule has 0 bridgehead atoms. The van der Waals surface area contributed by atoms with Crippen LogP contribution in [0.15, 0.2) is 76.5 Å². The minimum atomic E-state index is 0.382. The molecular weight excluding hydrogens is 322 g/mol. The summed E-state index contributed by atoms with van der Waals surface area (Å²) < 4.78 is 0. The molecule has 0 radical (unpaired) electrons. The second-order valence-electron chi connectivity index (χ2n) is 7.03. The van der Waals surface area contributed by atoms with E-state index in [4.69, 9.17) is 0 Å². The first-order valence-corrected chi connectivity index (χ1v) is 9.71. The minimum absolute atomic E-state index is 0.382. The van der Waals surface area contributed by atoms with Crippen molar-refractivity contribution in [2.45, 2.75) is 42.4 Å². The van der Waals surface area contributed by atoms with Crippen LogP contribution >= 0.6 is 11.8 Å². The lowest BCUT2D eigenvalue weighted by molar-refractivity contribution is 0.851. The molecule has 0 fully saturated rings. The normalized spacial score (nSPS) is 13.8. The number of fused-ring (bicyclic) bond motifs is 2. The van der Waals surface area contributed by atoms with Crippen LogP contribution in [0, 0.1) is 0 Å². The molecule has 25 heavy (non-hydrogen) atoms. The average molecular weight is 346 g/mol. The highest BCUT2D eigenvalue weighted by Gasteiger charge is 2.17. The summed E-state index contributed by atoms with van der Waals surface area (Å²) in [5.74, 6) is 0.943. The van der Waals surface area contributed by atoms with Crippen LogP contribution in [0.25, 0.3) is 0 Å². The quantitative estimate of drug-likeness (QED) is 0.422. The van der Waals surface area contributed by atoms with Crippen molar-refractivity contribution < 1.29 is 0 Å². The van der Waals surface area contributed by atoms with E-state index in [1.165, 1.54) is 37.9 Å². The van der Waals surface area contributed by atoms with Crippen molar-refractivity contribution in [3.63, 3.8) is 0 Å². The molecular formula is C23H23NS. The van der Waals surface area contributed by atoms with Crippen LogP contribution in [0.5, 0.6) is 0 Å². The van der Waals surface area contributed by atoms with E-state index >= 15 is 0 Å². The Morgan fingerprint density at radius 2 is 1.40 bits per heavy atom. The van der Waals surface area contributed by atoms with Gasteiger partial charge in [-0.1, -0.05) is 75.0 Å². The second kappa shape index (κ2) is 6.61. The molecule has 126 valence electrons. The number of nitrogens with one attached hydrogen (secondary N) is 1. The van der Waals surface area contributed by atoms with Crippen LogP contribution in [-0.4, -0.2) is 0 Å². The van der Waals surface area contributed by atoms with Gasteiger partial charge >= 0.3 is 0 Å². The highest BCUT2D eigenvalue weighted by molar-refractivity contribution is 7.99. The van der Waals surface area contributed by atoms with Crippen LogP contribution in [0.3, 0.4) is 0 Å². The van der Waals surface area contributed by atoms with Gasteiger partial charge in [-0.15, -0.1) is 0 Å². The number of hydrogen-bond acceptors (Lipinski definition) is 2. The van der Waals surface area contributed by atoms with Crippen molar-refractivity contribution in [1.29, 1.82) is 0 Å². The molecule has 1 aliphatic rings. The lowest BCUT2D eigenvalue weighted by Gasteiger charge is -2.23. The van der Waals surface area contributed by atoms with E-state index in [1.807, 2.05) is 11.8 Å². The number of para-hydroxylation sites is 1. The lowest BCUT2D eigenvalue weighted by atomic mass is 9.90. The smallest absolute Gasteiger partial charge is 0.0529 e. The van der Waals surface area contributed by atoms with Gasteiger partial charge in [0, 0.05) is 15.7 Å². The largest absolute Gasteiger partial charge is 0.354 e. The Bertz CT molecular complexity index is 913. The topological polar surface area (TPSA) is 12.0 Å². The van der Waals surface area contributed by atoms with Gasteiger partial charge in [-0.25, -0.2) is 0 Å². The van der Waals surface area contributed by atoms with Gasteiger partial charge in [0.15, 0.2) is 0 Å². The third-order valence-electron chi connectivity index (χ3n) is 4.96. The maximum Gasteiger partial charge on any atom is 0.0529 e. The molecule has 1 N–H and O–H groups in total. The molecule has 1 nitrogen and oxygen atoms in total. The maximum atomic E-state index is 3.60. The predicted octanol–water partition coefficient (Wildman–Crippen LogP) is 7.17. The van der Waals surface area contributed by atoms with Crippen molar-refractivity contribution >= 4 is 23.1 Å². The molecule has 0 aromatic heterocycles. The molecule has 2 heteroatoms. The molecule has 0 aliphatic carbocycles. The van der Waals surface area contributed by atoms with E-state index in [9.17, 15) is 0 Å². The van der Waals surface area contributed by atoms with Crippen molar-refractivity contribution in [2.24, 2.45) is 0 Å². The van der Waals surface area contributed by atoms with Gasteiger partial charge < -0.3 is 5.32 Å². The zero-order valence-corrected chi connectivity index (χ0v) is 15.7. The van der Waals surface area contributed by atoms with Crippen LogP contribution in [0.2, 0.25) is 0 Å². The third-order valence-corrected chi connectivity index (χ3v) is 6.11. The average Bonchev–Trinajstić information content (AvgIpc) is 2.65. The number of hydrogen-bond donors (Lipinski definition) is 1. The molecule has 0 saturated carbocycles. The van der Waals surface area contributed by atoms with Crippen molar-refractivity contribution in [3.8, 4) is 0 Å². The standard InChI is InChI=1S/C23H23NS/c1-15(2)17-7-6-8-18(13-17)16(3)19-11-12-23-21(14-19)24-20-9-4-5-10-22(20)25-23/h4-16,24H,1-3H3. The second-order valence-corrected chi connectivity index (χ2v) is 8.11. The van der Waals surface area contributed by atoms with Gasteiger partial charge in [-0.2, -0.15) is 0 Å².